The molecule has 0 bridgehead atoms. The van der Waals surface area contributed by atoms with E-state index in [4.69, 9.17) is 13.9 Å². The van der Waals surface area contributed by atoms with Crippen LogP contribution in [-0.2, 0) is 0 Å². The molecule has 0 amide bonds. The zero-order valence-corrected chi connectivity index (χ0v) is 15.8. The lowest BCUT2D eigenvalue weighted by Gasteiger charge is -2.12. The Balaban J connectivity index is 2.09. The Morgan fingerprint density at radius 2 is 1.96 bits per heavy atom. The molecule has 6 nitrogen and oxygen atoms in total. The summed E-state index contributed by atoms with van der Waals surface area (Å²) in [7, 11) is 4.10. The van der Waals surface area contributed by atoms with Crippen molar-refractivity contribution in [2.45, 2.75) is 33.6 Å². The molecule has 0 aliphatic carbocycles. The molecule has 0 spiro atoms. The number of anilines is 1. The summed E-state index contributed by atoms with van der Waals surface area (Å²) in [6.45, 7) is 9.80. The highest BCUT2D eigenvalue weighted by Gasteiger charge is 2.18. The summed E-state index contributed by atoms with van der Waals surface area (Å²) in [6.07, 6.45) is 0. The van der Waals surface area contributed by atoms with E-state index in [1.54, 1.807) is 0 Å². The van der Waals surface area contributed by atoms with Gasteiger partial charge in [0.1, 0.15) is 11.5 Å². The summed E-state index contributed by atoms with van der Waals surface area (Å²) in [5.41, 5.74) is 3.45. The van der Waals surface area contributed by atoms with Crippen molar-refractivity contribution in [1.82, 2.24) is 15.0 Å². The summed E-state index contributed by atoms with van der Waals surface area (Å²) in [5.74, 6) is 2.82. The number of fused-ring (bicyclic) bond motifs is 1. The van der Waals surface area contributed by atoms with Gasteiger partial charge in [-0.15, -0.1) is 0 Å². The summed E-state index contributed by atoms with van der Waals surface area (Å²) >= 11 is 0. The van der Waals surface area contributed by atoms with Gasteiger partial charge in [0.2, 0.25) is 0 Å². The molecule has 3 aromatic heterocycles. The van der Waals surface area contributed by atoms with Gasteiger partial charge in [-0.1, -0.05) is 19.0 Å². The highest BCUT2D eigenvalue weighted by molar-refractivity contribution is 5.91. The first-order chi connectivity index (χ1) is 11.9. The van der Waals surface area contributed by atoms with Crippen LogP contribution in [0.2, 0.25) is 0 Å². The molecule has 3 heterocycles. The average molecular weight is 342 g/mol. The first-order valence-electron chi connectivity index (χ1n) is 8.63. The van der Waals surface area contributed by atoms with E-state index in [1.807, 2.05) is 19.9 Å². The van der Waals surface area contributed by atoms with Gasteiger partial charge >= 0.3 is 0 Å². The Morgan fingerprint density at radius 3 is 2.56 bits per heavy atom. The number of rotatable bonds is 6. The molecule has 0 saturated heterocycles. The van der Waals surface area contributed by atoms with Crippen molar-refractivity contribution in [3.05, 3.63) is 29.3 Å². The number of likely N-dealkylation sites (N-methyl/N-ethyl adjacent to an activating group) is 1. The second kappa shape index (κ2) is 6.88. The van der Waals surface area contributed by atoms with E-state index in [-0.39, 0.29) is 0 Å². The fraction of sp³-hybridized carbons (Fsp3) is 0.474. The third-order valence-electron chi connectivity index (χ3n) is 4.23. The van der Waals surface area contributed by atoms with Crippen molar-refractivity contribution in [3.8, 4) is 11.3 Å². The Kier molecular flexibility index (Phi) is 4.81. The highest BCUT2D eigenvalue weighted by atomic mass is 16.5. The molecule has 6 heteroatoms. The van der Waals surface area contributed by atoms with Crippen LogP contribution in [0.15, 0.2) is 21.1 Å². The van der Waals surface area contributed by atoms with E-state index < -0.39 is 0 Å². The topological polar surface area (TPSA) is 67.3 Å². The molecular weight excluding hydrogens is 316 g/mol. The van der Waals surface area contributed by atoms with Crippen LogP contribution in [-0.4, -0.2) is 42.2 Å². The summed E-state index contributed by atoms with van der Waals surface area (Å²) < 4.78 is 11.4. The molecule has 134 valence electrons. The van der Waals surface area contributed by atoms with E-state index in [1.165, 1.54) is 0 Å². The van der Waals surface area contributed by atoms with Gasteiger partial charge in [-0.3, -0.25) is 0 Å². The minimum atomic E-state index is 0.324. The number of nitrogens with one attached hydrogen (secondary N) is 1. The molecular formula is C19H26N4O2. The minimum Gasteiger partial charge on any atom is -0.457 e. The lowest BCUT2D eigenvalue weighted by Crippen LogP contribution is -2.21. The van der Waals surface area contributed by atoms with Gasteiger partial charge in [-0.05, 0) is 40.1 Å². The predicted molar refractivity (Wildman–Crippen MR) is 100 cm³/mol. The maximum absolute atomic E-state index is 6.07. The van der Waals surface area contributed by atoms with Crippen LogP contribution in [0.5, 0.6) is 0 Å². The van der Waals surface area contributed by atoms with Crippen LogP contribution in [0.1, 0.15) is 37.0 Å². The van der Waals surface area contributed by atoms with Gasteiger partial charge in [0.15, 0.2) is 11.4 Å². The highest BCUT2D eigenvalue weighted by Crippen LogP contribution is 2.34. The largest absolute Gasteiger partial charge is 0.457 e. The third kappa shape index (κ3) is 3.54. The van der Waals surface area contributed by atoms with E-state index in [2.05, 4.69) is 49.4 Å². The fourth-order valence-corrected chi connectivity index (χ4v) is 2.85. The maximum Gasteiger partial charge on any atom is 0.176 e. The van der Waals surface area contributed by atoms with Crippen molar-refractivity contribution in [2.75, 3.05) is 32.5 Å². The number of furan rings is 1. The number of aromatic nitrogens is 2. The number of aryl methyl sites for hydroxylation is 2. The van der Waals surface area contributed by atoms with Gasteiger partial charge in [-0.2, -0.15) is 0 Å². The SMILES string of the molecule is Cc1noc(C)c1-c1cc2cc(C(C)C)oc2c(NCCN(C)C)n1. The molecule has 3 rings (SSSR count). The molecule has 25 heavy (non-hydrogen) atoms. The summed E-state index contributed by atoms with van der Waals surface area (Å²) in [6, 6.07) is 4.15. The molecule has 0 atom stereocenters. The maximum atomic E-state index is 6.07. The smallest absolute Gasteiger partial charge is 0.176 e. The van der Waals surface area contributed by atoms with Crippen LogP contribution in [0.4, 0.5) is 5.82 Å². The van der Waals surface area contributed by atoms with Crippen molar-refractivity contribution in [1.29, 1.82) is 0 Å². The van der Waals surface area contributed by atoms with Crippen LogP contribution >= 0.6 is 0 Å². The van der Waals surface area contributed by atoms with E-state index in [9.17, 15) is 0 Å². The van der Waals surface area contributed by atoms with Crippen LogP contribution in [0.25, 0.3) is 22.2 Å². The molecule has 0 saturated carbocycles. The van der Waals surface area contributed by atoms with E-state index >= 15 is 0 Å². The minimum absolute atomic E-state index is 0.324. The Morgan fingerprint density at radius 1 is 1.20 bits per heavy atom. The third-order valence-corrected chi connectivity index (χ3v) is 4.23. The number of nitrogens with zero attached hydrogens (tertiary/aromatic N) is 3. The lowest BCUT2D eigenvalue weighted by atomic mass is 10.1. The first kappa shape index (κ1) is 17.5. The summed E-state index contributed by atoms with van der Waals surface area (Å²) in [5, 5.41) is 8.51. The van der Waals surface area contributed by atoms with Gasteiger partial charge in [0.05, 0.1) is 17.0 Å². The Bertz CT molecular complexity index is 858. The Labute approximate surface area is 148 Å². The quantitative estimate of drug-likeness (QED) is 0.724. The Hall–Kier alpha value is -2.34. The molecule has 0 radical (unpaired) electrons. The molecule has 0 aliphatic heterocycles. The molecule has 1 N–H and O–H groups in total. The normalized spacial score (nSPS) is 11.8. The number of pyridine rings is 1. The predicted octanol–water partition coefficient (Wildman–Crippen LogP) is 4.20. The van der Waals surface area contributed by atoms with Crippen LogP contribution in [0.3, 0.4) is 0 Å². The summed E-state index contributed by atoms with van der Waals surface area (Å²) in [4.78, 5) is 6.94. The monoisotopic (exact) mass is 342 g/mol. The van der Waals surface area contributed by atoms with Gasteiger partial charge in [0, 0.05) is 24.4 Å². The van der Waals surface area contributed by atoms with E-state index in [0.29, 0.717) is 5.92 Å². The zero-order chi connectivity index (χ0) is 18.1. The van der Waals surface area contributed by atoms with Crippen LogP contribution in [0, 0.1) is 13.8 Å². The van der Waals surface area contributed by atoms with Crippen molar-refractivity contribution in [3.63, 3.8) is 0 Å². The zero-order valence-electron chi connectivity index (χ0n) is 15.8. The standard InChI is InChI=1S/C19H26N4O2/c1-11(2)16-10-14-9-15(17-12(3)22-25-13(17)4)21-19(18(14)24-16)20-7-8-23(5)6/h9-11H,7-8H2,1-6H3,(H,20,21). The van der Waals surface area contributed by atoms with Crippen LogP contribution < -0.4 is 5.32 Å². The van der Waals surface area contributed by atoms with Gasteiger partial charge < -0.3 is 19.2 Å². The van der Waals surface area contributed by atoms with Crippen molar-refractivity contribution >= 4 is 16.8 Å². The second-order valence-corrected chi connectivity index (χ2v) is 7.01. The molecule has 0 unspecified atom stereocenters. The van der Waals surface area contributed by atoms with Crippen molar-refractivity contribution < 1.29 is 8.94 Å². The molecule has 0 fully saturated rings. The molecule has 0 aromatic carbocycles. The molecule has 0 aliphatic rings. The average Bonchev–Trinajstić information content (AvgIpc) is 3.10. The lowest BCUT2D eigenvalue weighted by molar-refractivity contribution is 0.393. The fourth-order valence-electron chi connectivity index (χ4n) is 2.85. The molecule has 3 aromatic rings. The van der Waals surface area contributed by atoms with E-state index in [0.717, 1.165) is 58.3 Å². The number of hydrogen-bond donors (Lipinski definition) is 1. The van der Waals surface area contributed by atoms with Crippen molar-refractivity contribution in [2.24, 2.45) is 0 Å². The van der Waals surface area contributed by atoms with Gasteiger partial charge in [-0.25, -0.2) is 4.98 Å². The van der Waals surface area contributed by atoms with Gasteiger partial charge in [0.25, 0.3) is 0 Å². The number of hydrogen-bond acceptors (Lipinski definition) is 6. The second-order valence-electron chi connectivity index (χ2n) is 7.01. The first-order valence-corrected chi connectivity index (χ1v) is 8.63.